The highest BCUT2D eigenvalue weighted by molar-refractivity contribution is 5.92. The first-order valence-electron chi connectivity index (χ1n) is 10.9. The Morgan fingerprint density at radius 2 is 2.06 bits per heavy atom. The van der Waals surface area contributed by atoms with E-state index in [1.807, 2.05) is 31.3 Å². The van der Waals surface area contributed by atoms with Gasteiger partial charge < -0.3 is 30.4 Å². The molecule has 2 atom stereocenters. The number of likely N-dealkylation sites (tertiary alicyclic amines) is 1. The van der Waals surface area contributed by atoms with Crippen molar-refractivity contribution < 1.29 is 23.9 Å². The van der Waals surface area contributed by atoms with Crippen molar-refractivity contribution in [3.8, 4) is 5.75 Å². The molecule has 1 aliphatic rings. The van der Waals surface area contributed by atoms with Crippen LogP contribution >= 0.6 is 0 Å². The molecule has 1 aliphatic heterocycles. The van der Waals surface area contributed by atoms with Gasteiger partial charge in [0.15, 0.2) is 0 Å². The number of ether oxygens (including phenoxy) is 2. The molecule has 1 saturated heterocycles. The number of nitrogens with zero attached hydrogens (tertiary/aromatic N) is 1. The summed E-state index contributed by atoms with van der Waals surface area (Å²) in [5.74, 6) is -0.176. The largest absolute Gasteiger partial charge is 0.494 e. The number of H-pyrrole nitrogens is 1. The predicted molar refractivity (Wildman–Crippen MR) is 120 cm³/mol. The Morgan fingerprint density at radius 1 is 1.31 bits per heavy atom. The van der Waals surface area contributed by atoms with Crippen LogP contribution in [0.3, 0.4) is 0 Å². The third kappa shape index (κ3) is 5.52. The topological polar surface area (TPSA) is 127 Å². The van der Waals surface area contributed by atoms with Crippen LogP contribution in [0.2, 0.25) is 0 Å². The molecule has 2 aromatic rings. The van der Waals surface area contributed by atoms with E-state index in [0.717, 1.165) is 22.2 Å². The number of alkyl carbamates (subject to hydrolysis) is 1. The van der Waals surface area contributed by atoms with Gasteiger partial charge in [0.05, 0.1) is 6.61 Å². The summed E-state index contributed by atoms with van der Waals surface area (Å²) in [5.41, 5.74) is 6.52. The molecule has 3 amide bonds. The van der Waals surface area contributed by atoms with E-state index in [2.05, 4.69) is 10.3 Å². The Kier molecular flexibility index (Phi) is 6.96. The van der Waals surface area contributed by atoms with Gasteiger partial charge in [-0.05, 0) is 64.3 Å². The SMILES string of the molecule is CCOc1ccc2[nH]cc(CC(NC(=O)OC(C)(C)C)C(=O)N3CCC[C@H]3C(N)=O)c2c1. The van der Waals surface area contributed by atoms with E-state index in [1.54, 1.807) is 20.8 Å². The number of hydrogen-bond acceptors (Lipinski definition) is 5. The van der Waals surface area contributed by atoms with Gasteiger partial charge in [0, 0.05) is 30.1 Å². The molecular weight excluding hydrogens is 412 g/mol. The van der Waals surface area contributed by atoms with Crippen LogP contribution in [0.25, 0.3) is 10.9 Å². The van der Waals surface area contributed by atoms with Crippen molar-refractivity contribution in [3.05, 3.63) is 30.0 Å². The Morgan fingerprint density at radius 3 is 2.72 bits per heavy atom. The molecule has 0 bridgehead atoms. The van der Waals surface area contributed by atoms with Gasteiger partial charge in [0.1, 0.15) is 23.4 Å². The van der Waals surface area contributed by atoms with Crippen LogP contribution in [0, 0.1) is 0 Å². The van der Waals surface area contributed by atoms with Gasteiger partial charge in [0.2, 0.25) is 11.8 Å². The minimum absolute atomic E-state index is 0.218. The molecule has 0 aliphatic carbocycles. The lowest BCUT2D eigenvalue weighted by atomic mass is 10.0. The van der Waals surface area contributed by atoms with Crippen molar-refractivity contribution in [1.82, 2.24) is 15.2 Å². The molecule has 9 heteroatoms. The van der Waals surface area contributed by atoms with E-state index < -0.39 is 29.7 Å². The van der Waals surface area contributed by atoms with Gasteiger partial charge in [-0.2, -0.15) is 0 Å². The fraction of sp³-hybridized carbons (Fsp3) is 0.522. The zero-order valence-corrected chi connectivity index (χ0v) is 19.1. The highest BCUT2D eigenvalue weighted by Gasteiger charge is 2.37. The Hall–Kier alpha value is -3.23. The molecule has 1 aromatic heterocycles. The van der Waals surface area contributed by atoms with E-state index in [1.165, 1.54) is 4.90 Å². The lowest BCUT2D eigenvalue weighted by Gasteiger charge is -2.28. The lowest BCUT2D eigenvalue weighted by molar-refractivity contribution is -0.139. The van der Waals surface area contributed by atoms with Crippen LogP contribution in [0.4, 0.5) is 4.79 Å². The number of primary amides is 1. The number of amides is 3. The van der Waals surface area contributed by atoms with Crippen molar-refractivity contribution in [3.63, 3.8) is 0 Å². The molecule has 0 spiro atoms. The average Bonchev–Trinajstić information content (AvgIpc) is 3.33. The smallest absolute Gasteiger partial charge is 0.408 e. The van der Waals surface area contributed by atoms with Crippen LogP contribution in [0.1, 0.15) is 46.1 Å². The van der Waals surface area contributed by atoms with Gasteiger partial charge in [-0.15, -0.1) is 0 Å². The third-order valence-electron chi connectivity index (χ3n) is 5.33. The molecule has 0 radical (unpaired) electrons. The first kappa shape index (κ1) is 23.4. The maximum absolute atomic E-state index is 13.4. The third-order valence-corrected chi connectivity index (χ3v) is 5.33. The van der Waals surface area contributed by atoms with Crippen molar-refractivity contribution in [2.24, 2.45) is 5.73 Å². The van der Waals surface area contributed by atoms with Gasteiger partial charge in [0.25, 0.3) is 0 Å². The second kappa shape index (κ2) is 9.50. The molecule has 4 N–H and O–H groups in total. The Balaban J connectivity index is 1.89. The summed E-state index contributed by atoms with van der Waals surface area (Å²) < 4.78 is 11.0. The first-order valence-corrected chi connectivity index (χ1v) is 10.9. The highest BCUT2D eigenvalue weighted by atomic mass is 16.6. The zero-order valence-electron chi connectivity index (χ0n) is 19.1. The summed E-state index contributed by atoms with van der Waals surface area (Å²) in [6.45, 7) is 8.12. The van der Waals surface area contributed by atoms with Crippen LogP contribution in [-0.2, 0) is 20.7 Å². The number of aromatic nitrogens is 1. The molecule has 2 heterocycles. The van der Waals surface area contributed by atoms with E-state index in [0.29, 0.717) is 26.0 Å². The van der Waals surface area contributed by atoms with Crippen LogP contribution < -0.4 is 15.8 Å². The number of aromatic amines is 1. The van der Waals surface area contributed by atoms with Crippen LogP contribution in [-0.4, -0.2) is 58.6 Å². The predicted octanol–water partition coefficient (Wildman–Crippen LogP) is 2.48. The number of carbonyl (C=O) groups is 3. The minimum Gasteiger partial charge on any atom is -0.494 e. The maximum atomic E-state index is 13.4. The number of rotatable bonds is 7. The van der Waals surface area contributed by atoms with Crippen molar-refractivity contribution in [2.75, 3.05) is 13.2 Å². The normalized spacial score (nSPS) is 17.2. The van der Waals surface area contributed by atoms with Gasteiger partial charge in [-0.1, -0.05) is 0 Å². The van der Waals surface area contributed by atoms with Gasteiger partial charge in [-0.25, -0.2) is 4.79 Å². The molecular formula is C23H32N4O5. The molecule has 1 aromatic carbocycles. The zero-order chi connectivity index (χ0) is 23.5. The number of nitrogens with two attached hydrogens (primary N) is 1. The van der Waals surface area contributed by atoms with E-state index >= 15 is 0 Å². The average molecular weight is 445 g/mol. The second-order valence-electron chi connectivity index (χ2n) is 8.95. The number of hydrogen-bond donors (Lipinski definition) is 3. The minimum atomic E-state index is -0.917. The van der Waals surface area contributed by atoms with Gasteiger partial charge >= 0.3 is 6.09 Å². The fourth-order valence-electron chi connectivity index (χ4n) is 3.98. The summed E-state index contributed by atoms with van der Waals surface area (Å²) in [5, 5.41) is 3.60. The van der Waals surface area contributed by atoms with Crippen LogP contribution in [0.15, 0.2) is 24.4 Å². The van der Waals surface area contributed by atoms with Crippen molar-refractivity contribution in [2.45, 2.75) is 64.6 Å². The molecule has 9 nitrogen and oxygen atoms in total. The van der Waals surface area contributed by atoms with E-state index in [9.17, 15) is 14.4 Å². The molecule has 1 fully saturated rings. The Bertz CT molecular complexity index is 994. The van der Waals surface area contributed by atoms with Gasteiger partial charge in [-0.3, -0.25) is 9.59 Å². The molecule has 3 rings (SSSR count). The molecule has 0 saturated carbocycles. The van der Waals surface area contributed by atoms with Crippen molar-refractivity contribution in [1.29, 1.82) is 0 Å². The lowest BCUT2D eigenvalue weighted by Crippen LogP contribution is -2.54. The standard InChI is InChI=1S/C23H32N4O5/c1-5-31-15-8-9-17-16(12-15)14(13-25-17)11-18(26-22(30)32-23(2,3)4)21(29)27-10-6-7-19(27)20(24)28/h8-9,12-13,18-19,25H,5-7,10-11H2,1-4H3,(H2,24,28)(H,26,30)/t18?,19-/m0/s1. The number of fused-ring (bicyclic) bond motifs is 1. The summed E-state index contributed by atoms with van der Waals surface area (Å²) >= 11 is 0. The second-order valence-corrected chi connectivity index (χ2v) is 8.95. The maximum Gasteiger partial charge on any atom is 0.408 e. The number of nitrogens with one attached hydrogen (secondary N) is 2. The van der Waals surface area contributed by atoms with E-state index in [-0.39, 0.29) is 12.3 Å². The van der Waals surface area contributed by atoms with Crippen LogP contribution in [0.5, 0.6) is 5.75 Å². The monoisotopic (exact) mass is 444 g/mol. The molecule has 174 valence electrons. The number of benzene rings is 1. The quantitative estimate of drug-likeness (QED) is 0.605. The number of carbonyl (C=O) groups excluding carboxylic acids is 3. The van der Waals surface area contributed by atoms with Crippen molar-refractivity contribution >= 4 is 28.8 Å². The summed E-state index contributed by atoms with van der Waals surface area (Å²) in [6, 6.07) is 4.10. The first-order chi connectivity index (χ1) is 15.1. The molecule has 1 unspecified atom stereocenters. The fourth-order valence-corrected chi connectivity index (χ4v) is 3.98. The summed E-state index contributed by atoms with van der Waals surface area (Å²) in [7, 11) is 0. The Labute approximate surface area is 187 Å². The summed E-state index contributed by atoms with van der Waals surface area (Å²) in [4.78, 5) is 42.4. The highest BCUT2D eigenvalue weighted by Crippen LogP contribution is 2.26. The van der Waals surface area contributed by atoms with E-state index in [4.69, 9.17) is 15.2 Å². The summed E-state index contributed by atoms with van der Waals surface area (Å²) in [6.07, 6.45) is 2.54. The molecule has 32 heavy (non-hydrogen) atoms.